The molecule has 0 N–H and O–H groups in total. The van der Waals surface area contributed by atoms with Gasteiger partial charge in [-0.2, -0.15) is 0 Å². The van der Waals surface area contributed by atoms with Crippen molar-refractivity contribution in [2.45, 2.75) is 119 Å². The van der Waals surface area contributed by atoms with E-state index in [4.69, 9.17) is 56.8 Å². The fourth-order valence-electron chi connectivity index (χ4n) is 7.93. The van der Waals surface area contributed by atoms with E-state index in [9.17, 15) is 0 Å². The van der Waals surface area contributed by atoms with Crippen LogP contribution < -0.4 is 28.4 Å². The zero-order valence-electron chi connectivity index (χ0n) is 56.1. The Morgan fingerprint density at radius 1 is 0.424 bits per heavy atom. The van der Waals surface area contributed by atoms with Gasteiger partial charge in [0.25, 0.3) is 0 Å². The molecule has 1 aliphatic rings. The van der Waals surface area contributed by atoms with Crippen LogP contribution in [0.25, 0.3) is 36.5 Å². The highest BCUT2D eigenvalue weighted by Crippen LogP contribution is 2.22. The Morgan fingerprint density at radius 2 is 0.783 bits per heavy atom. The summed E-state index contributed by atoms with van der Waals surface area (Å²) in [4.78, 5) is 0. The van der Waals surface area contributed by atoms with Gasteiger partial charge in [0.2, 0.25) is 0 Å². The Bertz CT molecular complexity index is 3010. The highest BCUT2D eigenvalue weighted by molar-refractivity contribution is 5.52. The summed E-state index contributed by atoms with van der Waals surface area (Å²) in [6, 6.07) is 56.9. The minimum atomic E-state index is -0.256. The molecule has 494 valence electrons. The van der Waals surface area contributed by atoms with Gasteiger partial charge in [0.1, 0.15) is 34.5 Å². The number of methoxy groups -OCH3 is 1. The van der Waals surface area contributed by atoms with Gasteiger partial charge in [-0.05, 0) is 178 Å². The standard InChI is InChI=1S/C18H20O2.C14H20O2.C13H16O2.C13H18O2.C12H16O2.C10H12O2/c1-3-16-9-11-18(12-10-16)20-15(2)19-14-13-17-7-5-4-6-8-17;1-5-13-6-8-14(9-7-13)16-12(4)15-10-11(2)3;1-2-11-6-8-12(9-7-11)15-13-5-3-4-10-14-13;1-4-10-14-11(3)15-13-8-6-12(5-2)7-9-13;1-4-11-6-8-12(9-7-11)14-10(3)13-5-2;1-3-9-4-6-10(7-5-9)12-8-11-2/h3-12,15H,1,13-14H2,2H3;5-9,11-12H,1,10H2,2-4H3;2,6-9,13H,1,3-5,10H2;5-9,11H,2,4,10H2,1,3H3;4,6-10H,1,5H2,2-3H3;3-7H,1,8H2,2H3. The molecule has 7 aromatic carbocycles. The zero-order chi connectivity index (χ0) is 67.0. The quantitative estimate of drug-likeness (QED) is 0.0386. The molecule has 1 heterocycles. The first-order valence-electron chi connectivity index (χ1n) is 31.6. The maximum absolute atomic E-state index is 5.70. The fourth-order valence-corrected chi connectivity index (χ4v) is 7.93. The lowest BCUT2D eigenvalue weighted by Gasteiger charge is -2.23. The maximum atomic E-state index is 5.70. The Labute approximate surface area is 551 Å². The molecule has 5 unspecified atom stereocenters. The monoisotopic (exact) mass is 1250 g/mol. The van der Waals surface area contributed by atoms with Gasteiger partial charge in [-0.1, -0.05) is 200 Å². The molecule has 1 fully saturated rings. The average Bonchev–Trinajstić information content (AvgIpc) is 3.56. The van der Waals surface area contributed by atoms with E-state index in [2.05, 4.69) is 72.4 Å². The van der Waals surface area contributed by atoms with Gasteiger partial charge >= 0.3 is 0 Å². The number of benzene rings is 7. The van der Waals surface area contributed by atoms with Crippen molar-refractivity contribution in [3.05, 3.63) is 254 Å². The van der Waals surface area contributed by atoms with Gasteiger partial charge in [0, 0.05) is 20.1 Å². The summed E-state index contributed by atoms with van der Waals surface area (Å²) < 4.78 is 65.4. The number of hydrogen-bond acceptors (Lipinski definition) is 12. The lowest BCUT2D eigenvalue weighted by Crippen LogP contribution is -2.24. The largest absolute Gasteiger partial charge is 0.468 e. The van der Waals surface area contributed by atoms with Gasteiger partial charge in [0.15, 0.2) is 38.2 Å². The third-order valence-electron chi connectivity index (χ3n) is 12.9. The predicted molar refractivity (Wildman–Crippen MR) is 381 cm³/mol. The van der Waals surface area contributed by atoms with Crippen LogP contribution in [-0.2, 0) is 34.8 Å². The van der Waals surface area contributed by atoms with Gasteiger partial charge in [-0.25, -0.2) is 0 Å². The Kier molecular flexibility index (Phi) is 40.9. The number of ether oxygens (including phenoxy) is 12. The second kappa shape index (κ2) is 48.3. The first-order valence-corrected chi connectivity index (χ1v) is 31.6. The summed E-state index contributed by atoms with van der Waals surface area (Å²) in [6.45, 7) is 41.9. The second-order valence-corrected chi connectivity index (χ2v) is 21.0. The molecule has 1 saturated heterocycles. The van der Waals surface area contributed by atoms with Crippen molar-refractivity contribution in [2.75, 3.05) is 46.9 Å². The molecule has 0 saturated carbocycles. The third-order valence-corrected chi connectivity index (χ3v) is 12.9. The van der Waals surface area contributed by atoms with E-state index >= 15 is 0 Å². The van der Waals surface area contributed by atoms with Gasteiger partial charge < -0.3 is 56.8 Å². The Morgan fingerprint density at radius 3 is 1.12 bits per heavy atom. The van der Waals surface area contributed by atoms with E-state index in [0.717, 1.165) is 107 Å². The van der Waals surface area contributed by atoms with Crippen LogP contribution in [0.15, 0.2) is 215 Å². The van der Waals surface area contributed by atoms with E-state index in [1.165, 1.54) is 12.0 Å². The van der Waals surface area contributed by atoms with Crippen molar-refractivity contribution in [3.63, 3.8) is 0 Å². The molecule has 0 radical (unpaired) electrons. The van der Waals surface area contributed by atoms with Gasteiger partial charge in [0.05, 0.1) is 26.4 Å². The molecular weight excluding hydrogens is 1150 g/mol. The van der Waals surface area contributed by atoms with Crippen molar-refractivity contribution >= 4 is 36.5 Å². The first kappa shape index (κ1) is 77.8. The minimum Gasteiger partial charge on any atom is -0.468 e. The molecular formula is C80H102O12. The average molecular weight is 1260 g/mol. The summed E-state index contributed by atoms with van der Waals surface area (Å²) in [5, 5.41) is 0. The third kappa shape index (κ3) is 35.8. The molecule has 0 amide bonds. The number of rotatable bonds is 31. The molecule has 1 aliphatic heterocycles. The van der Waals surface area contributed by atoms with Crippen LogP contribution in [0.5, 0.6) is 34.5 Å². The molecule has 5 atom stereocenters. The highest BCUT2D eigenvalue weighted by Gasteiger charge is 2.15. The van der Waals surface area contributed by atoms with Crippen molar-refractivity contribution in [1.29, 1.82) is 0 Å². The second-order valence-electron chi connectivity index (χ2n) is 21.0. The predicted octanol–water partition coefficient (Wildman–Crippen LogP) is 20.2. The SMILES string of the molecule is C=Cc1ccc(OC(C)OCC(C)C)cc1.C=Cc1ccc(OC(C)OCC)cc1.C=Cc1ccc(OC(C)OCCC)cc1.C=Cc1ccc(OC(C)OCCc2ccccc2)cc1.C=Cc1ccc(OC2CCCCO2)cc1.C=Cc1ccc(OCOC)cc1. The molecule has 0 spiro atoms. The molecule has 8 rings (SSSR count). The summed E-state index contributed by atoms with van der Waals surface area (Å²) >= 11 is 0. The topological polar surface area (TPSA) is 111 Å². The maximum Gasteiger partial charge on any atom is 0.199 e. The normalized spacial score (nSPS) is 13.2. The zero-order valence-corrected chi connectivity index (χ0v) is 56.1. The molecule has 12 nitrogen and oxygen atoms in total. The Balaban J connectivity index is 0.000000290. The van der Waals surface area contributed by atoms with Crippen molar-refractivity contribution in [1.82, 2.24) is 0 Å². The van der Waals surface area contributed by atoms with E-state index in [1.54, 1.807) is 25.3 Å². The van der Waals surface area contributed by atoms with Crippen LogP contribution in [0, 0.1) is 5.92 Å². The van der Waals surface area contributed by atoms with Crippen LogP contribution in [0.2, 0.25) is 0 Å². The summed E-state index contributed by atoms with van der Waals surface area (Å²) in [6.07, 6.45) is 15.1. The smallest absolute Gasteiger partial charge is 0.199 e. The first-order chi connectivity index (χ1) is 44.6. The van der Waals surface area contributed by atoms with E-state index in [-0.39, 0.29) is 38.2 Å². The molecule has 92 heavy (non-hydrogen) atoms. The van der Waals surface area contributed by atoms with Gasteiger partial charge in [-0.15, -0.1) is 0 Å². The Hall–Kier alpha value is -8.46. The lowest BCUT2D eigenvalue weighted by molar-refractivity contribution is -0.105. The van der Waals surface area contributed by atoms with Crippen LogP contribution in [0.4, 0.5) is 0 Å². The summed E-state index contributed by atoms with van der Waals surface area (Å²) in [5.41, 5.74) is 7.80. The highest BCUT2D eigenvalue weighted by atomic mass is 16.7. The molecule has 7 aromatic rings. The molecule has 0 aromatic heterocycles. The molecule has 12 heteroatoms. The van der Waals surface area contributed by atoms with E-state index in [0.29, 0.717) is 25.7 Å². The fraction of sp³-hybridized carbons (Fsp3) is 0.325. The summed E-state index contributed by atoms with van der Waals surface area (Å²) in [7, 11) is 1.60. The van der Waals surface area contributed by atoms with Crippen LogP contribution in [0.3, 0.4) is 0 Å². The summed E-state index contributed by atoms with van der Waals surface area (Å²) in [5.74, 6) is 5.47. The van der Waals surface area contributed by atoms with Crippen LogP contribution in [0.1, 0.15) is 120 Å². The van der Waals surface area contributed by atoms with Gasteiger partial charge in [-0.3, -0.25) is 0 Å². The van der Waals surface area contributed by atoms with Crippen LogP contribution in [-0.4, -0.2) is 78.4 Å². The molecule has 0 bridgehead atoms. The molecule has 0 aliphatic carbocycles. The van der Waals surface area contributed by atoms with Crippen molar-refractivity contribution in [3.8, 4) is 34.5 Å². The minimum absolute atomic E-state index is 0.0617. The van der Waals surface area contributed by atoms with Crippen molar-refractivity contribution < 1.29 is 56.8 Å². The lowest BCUT2D eigenvalue weighted by atomic mass is 10.2. The van der Waals surface area contributed by atoms with Crippen molar-refractivity contribution in [2.24, 2.45) is 5.92 Å². The van der Waals surface area contributed by atoms with Crippen LogP contribution >= 0.6 is 0 Å². The van der Waals surface area contributed by atoms with E-state index in [1.807, 2.05) is 217 Å². The van der Waals surface area contributed by atoms with E-state index < -0.39 is 0 Å². The number of hydrogen-bond donors (Lipinski definition) is 0.